The first-order chi connectivity index (χ1) is 9.68. The van der Waals surface area contributed by atoms with Gasteiger partial charge < -0.3 is 10.2 Å². The summed E-state index contributed by atoms with van der Waals surface area (Å²) in [5, 5.41) is 19.1. The monoisotopic (exact) mass is 288 g/mol. The molecule has 0 radical (unpaired) electrons. The maximum atomic E-state index is 10.3. The summed E-state index contributed by atoms with van der Waals surface area (Å²) in [5.74, 6) is 5.72. The average Bonchev–Trinajstić information content (AvgIpc) is 2.35. The van der Waals surface area contributed by atoms with Gasteiger partial charge in [-0.1, -0.05) is 37.3 Å². The van der Waals surface area contributed by atoms with Crippen molar-refractivity contribution in [1.29, 1.82) is 0 Å². The van der Waals surface area contributed by atoms with Gasteiger partial charge >= 0.3 is 0 Å². The molecule has 0 saturated carbocycles. The molecule has 0 bridgehead atoms. The lowest BCUT2D eigenvalue weighted by molar-refractivity contribution is 0.174. The van der Waals surface area contributed by atoms with E-state index in [0.29, 0.717) is 0 Å². The normalized spacial score (nSPS) is 22.0. The Hall–Kier alpha value is -1.30. The van der Waals surface area contributed by atoms with E-state index in [1.165, 1.54) is 24.0 Å². The van der Waals surface area contributed by atoms with Crippen molar-refractivity contribution < 1.29 is 10.2 Å². The summed E-state index contributed by atoms with van der Waals surface area (Å²) in [6, 6.07) is 0. The summed E-state index contributed by atoms with van der Waals surface area (Å²) < 4.78 is 0. The van der Waals surface area contributed by atoms with Crippen LogP contribution < -0.4 is 0 Å². The molecule has 1 unspecified atom stereocenters. The van der Waals surface area contributed by atoms with Crippen LogP contribution >= 0.6 is 0 Å². The summed E-state index contributed by atoms with van der Waals surface area (Å²) in [6.07, 6.45) is 8.99. The third kappa shape index (κ3) is 5.53. The summed E-state index contributed by atoms with van der Waals surface area (Å²) in [6.45, 7) is 10.2. The van der Waals surface area contributed by atoms with Crippen molar-refractivity contribution in [1.82, 2.24) is 0 Å². The molecule has 1 aliphatic rings. The van der Waals surface area contributed by atoms with Crippen LogP contribution in [0.15, 0.2) is 34.9 Å². The first-order valence-electron chi connectivity index (χ1n) is 7.60. The minimum absolute atomic E-state index is 0.0290. The minimum atomic E-state index is -1.16. The lowest BCUT2D eigenvalue weighted by Crippen LogP contribution is -2.21. The van der Waals surface area contributed by atoms with Crippen LogP contribution in [0.2, 0.25) is 0 Å². The second kappa shape index (κ2) is 7.11. The second-order valence-electron chi connectivity index (χ2n) is 6.73. The number of hydrogen-bond donors (Lipinski definition) is 2. The highest BCUT2D eigenvalue weighted by molar-refractivity contribution is 5.37. The molecule has 0 amide bonds. The zero-order valence-corrected chi connectivity index (χ0v) is 14.0. The van der Waals surface area contributed by atoms with Gasteiger partial charge in [-0.3, -0.25) is 0 Å². The zero-order valence-electron chi connectivity index (χ0n) is 14.0. The number of aliphatic hydroxyl groups is 2. The fourth-order valence-electron chi connectivity index (χ4n) is 2.71. The standard InChI is InChI=1S/C19H28O2/c1-15(10-14-20)8-12-19(5,21)13-9-17-16(2)7-6-11-18(17,3)4/h9-10,13,20-21H,6-7,11,14H2,1-5H3/b13-9+,15-10+. The largest absolute Gasteiger partial charge is 0.392 e. The Balaban J connectivity index is 2.95. The number of aliphatic hydroxyl groups excluding tert-OH is 1. The predicted octanol–water partition coefficient (Wildman–Crippen LogP) is 3.76. The quantitative estimate of drug-likeness (QED) is 0.776. The molecular formula is C19H28O2. The lowest BCUT2D eigenvalue weighted by atomic mass is 9.72. The molecule has 0 aromatic heterocycles. The van der Waals surface area contributed by atoms with Crippen LogP contribution in [0, 0.1) is 17.3 Å². The highest BCUT2D eigenvalue weighted by Crippen LogP contribution is 2.40. The highest BCUT2D eigenvalue weighted by Gasteiger charge is 2.27. The van der Waals surface area contributed by atoms with Crippen molar-refractivity contribution in [3.8, 4) is 11.8 Å². The van der Waals surface area contributed by atoms with Crippen molar-refractivity contribution in [2.75, 3.05) is 6.61 Å². The lowest BCUT2D eigenvalue weighted by Gasteiger charge is -2.33. The van der Waals surface area contributed by atoms with E-state index >= 15 is 0 Å². The van der Waals surface area contributed by atoms with Gasteiger partial charge in [0, 0.05) is 0 Å². The summed E-state index contributed by atoms with van der Waals surface area (Å²) in [5.41, 5.74) is 2.49. The Morgan fingerprint density at radius 1 is 1.43 bits per heavy atom. The van der Waals surface area contributed by atoms with Gasteiger partial charge in [-0.2, -0.15) is 0 Å². The topological polar surface area (TPSA) is 40.5 Å². The zero-order chi connectivity index (χ0) is 16.1. The van der Waals surface area contributed by atoms with E-state index in [0.717, 1.165) is 12.0 Å². The molecule has 2 heteroatoms. The first kappa shape index (κ1) is 17.8. The Labute approximate surface area is 129 Å². The maximum absolute atomic E-state index is 10.3. The molecule has 1 rings (SSSR count). The number of rotatable bonds is 3. The van der Waals surface area contributed by atoms with Gasteiger partial charge in [-0.05, 0) is 68.7 Å². The van der Waals surface area contributed by atoms with Crippen LogP contribution in [0.4, 0.5) is 0 Å². The van der Waals surface area contributed by atoms with Gasteiger partial charge in [0.05, 0.1) is 6.61 Å². The number of allylic oxidation sites excluding steroid dienone is 4. The van der Waals surface area contributed by atoms with Crippen molar-refractivity contribution in [3.05, 3.63) is 34.9 Å². The minimum Gasteiger partial charge on any atom is -0.392 e. The molecule has 116 valence electrons. The molecule has 2 nitrogen and oxygen atoms in total. The van der Waals surface area contributed by atoms with Crippen LogP contribution in [0.25, 0.3) is 0 Å². The maximum Gasteiger partial charge on any atom is 0.141 e. The van der Waals surface area contributed by atoms with Crippen molar-refractivity contribution in [2.24, 2.45) is 5.41 Å². The van der Waals surface area contributed by atoms with E-state index in [1.54, 1.807) is 19.1 Å². The van der Waals surface area contributed by atoms with Gasteiger partial charge in [0.25, 0.3) is 0 Å². The smallest absolute Gasteiger partial charge is 0.141 e. The molecular weight excluding hydrogens is 260 g/mol. The third-order valence-electron chi connectivity index (χ3n) is 4.03. The molecule has 1 aliphatic carbocycles. The summed E-state index contributed by atoms with van der Waals surface area (Å²) in [7, 11) is 0. The van der Waals surface area contributed by atoms with Crippen molar-refractivity contribution >= 4 is 0 Å². The first-order valence-corrected chi connectivity index (χ1v) is 7.60. The van der Waals surface area contributed by atoms with Crippen molar-refractivity contribution in [2.45, 2.75) is 59.5 Å². The van der Waals surface area contributed by atoms with Gasteiger partial charge in [0.1, 0.15) is 5.60 Å². The SMILES string of the molecule is CC1=C(/C=C/C(C)(O)C#C/C(C)=C/CO)C(C)(C)CCC1. The van der Waals surface area contributed by atoms with E-state index in [2.05, 4.69) is 32.6 Å². The van der Waals surface area contributed by atoms with Crippen LogP contribution in [0.3, 0.4) is 0 Å². The highest BCUT2D eigenvalue weighted by atomic mass is 16.3. The fraction of sp³-hybridized carbons (Fsp3) is 0.579. The molecule has 0 fully saturated rings. The third-order valence-corrected chi connectivity index (χ3v) is 4.03. The van der Waals surface area contributed by atoms with Gasteiger partial charge in [-0.25, -0.2) is 0 Å². The molecule has 0 aliphatic heterocycles. The fourth-order valence-corrected chi connectivity index (χ4v) is 2.71. The predicted molar refractivity (Wildman–Crippen MR) is 88.7 cm³/mol. The molecule has 21 heavy (non-hydrogen) atoms. The van der Waals surface area contributed by atoms with E-state index in [9.17, 15) is 5.11 Å². The van der Waals surface area contributed by atoms with E-state index < -0.39 is 5.60 Å². The molecule has 2 N–H and O–H groups in total. The molecule has 1 atom stereocenters. The van der Waals surface area contributed by atoms with Crippen LogP contribution in [-0.2, 0) is 0 Å². The average molecular weight is 288 g/mol. The van der Waals surface area contributed by atoms with Crippen LogP contribution in [0.5, 0.6) is 0 Å². The Kier molecular flexibility index (Phi) is 6.01. The number of hydrogen-bond acceptors (Lipinski definition) is 2. The van der Waals surface area contributed by atoms with Gasteiger partial charge in [0.2, 0.25) is 0 Å². The molecule has 0 saturated heterocycles. The molecule has 0 spiro atoms. The second-order valence-corrected chi connectivity index (χ2v) is 6.73. The summed E-state index contributed by atoms with van der Waals surface area (Å²) >= 11 is 0. The van der Waals surface area contributed by atoms with Crippen LogP contribution in [0.1, 0.15) is 53.9 Å². The molecule has 0 aromatic rings. The van der Waals surface area contributed by atoms with E-state index in [4.69, 9.17) is 5.11 Å². The summed E-state index contributed by atoms with van der Waals surface area (Å²) in [4.78, 5) is 0. The van der Waals surface area contributed by atoms with E-state index in [-0.39, 0.29) is 12.0 Å². The van der Waals surface area contributed by atoms with Gasteiger partial charge in [0.15, 0.2) is 0 Å². The Bertz CT molecular complexity index is 520. The Morgan fingerprint density at radius 2 is 2.10 bits per heavy atom. The van der Waals surface area contributed by atoms with Crippen molar-refractivity contribution in [3.63, 3.8) is 0 Å². The van der Waals surface area contributed by atoms with Crippen LogP contribution in [-0.4, -0.2) is 22.4 Å². The Morgan fingerprint density at radius 3 is 2.67 bits per heavy atom. The van der Waals surface area contributed by atoms with E-state index in [1.807, 2.05) is 13.0 Å². The van der Waals surface area contributed by atoms with Gasteiger partial charge in [-0.15, -0.1) is 0 Å². The molecule has 0 aromatic carbocycles. The molecule has 0 heterocycles.